The Bertz CT molecular complexity index is 658. The number of hydrogen-bond acceptors (Lipinski definition) is 3. The van der Waals surface area contributed by atoms with Crippen molar-refractivity contribution in [1.29, 1.82) is 0 Å². The number of carbonyl (C=O) groups is 1. The van der Waals surface area contributed by atoms with E-state index in [4.69, 9.17) is 21.1 Å². The van der Waals surface area contributed by atoms with Crippen LogP contribution in [-0.2, 0) is 4.79 Å². The zero-order valence-corrected chi connectivity index (χ0v) is 12.7. The van der Waals surface area contributed by atoms with E-state index in [2.05, 4.69) is 11.9 Å². The second-order valence-electron chi connectivity index (χ2n) is 4.39. The quantitative estimate of drug-likeness (QED) is 0.787. The summed E-state index contributed by atoms with van der Waals surface area (Å²) < 4.78 is 10.8. The van der Waals surface area contributed by atoms with Crippen molar-refractivity contribution in [1.82, 2.24) is 0 Å². The Morgan fingerprint density at radius 2 is 2.00 bits per heavy atom. The molecule has 2 rings (SSSR count). The molecule has 1 N–H and O–H groups in total. The maximum absolute atomic E-state index is 11.9. The van der Waals surface area contributed by atoms with E-state index in [1.807, 2.05) is 0 Å². The highest BCUT2D eigenvalue weighted by molar-refractivity contribution is 6.32. The molecule has 2 aromatic carbocycles. The van der Waals surface area contributed by atoms with Gasteiger partial charge >= 0.3 is 0 Å². The molecule has 4 nitrogen and oxygen atoms in total. The van der Waals surface area contributed by atoms with Crippen LogP contribution in [-0.4, -0.2) is 19.1 Å². The summed E-state index contributed by atoms with van der Waals surface area (Å²) in [5.41, 5.74) is 0.634. The number of nitrogens with one attached hydrogen (secondary N) is 1. The fourth-order valence-corrected chi connectivity index (χ4v) is 1.91. The molecule has 0 saturated carbocycles. The zero-order valence-electron chi connectivity index (χ0n) is 11.9. The number of para-hydroxylation sites is 1. The molecule has 2 aromatic rings. The minimum atomic E-state index is -0.277. The van der Waals surface area contributed by atoms with Gasteiger partial charge in [-0.2, -0.15) is 0 Å². The summed E-state index contributed by atoms with van der Waals surface area (Å²) in [6, 6.07) is 14.1. The van der Waals surface area contributed by atoms with Gasteiger partial charge in [-0.15, -0.1) is 0 Å². The molecule has 0 fully saturated rings. The van der Waals surface area contributed by atoms with Gasteiger partial charge in [0, 0.05) is 11.8 Å². The molecule has 0 spiro atoms. The summed E-state index contributed by atoms with van der Waals surface area (Å²) in [5.74, 6) is 0.855. The van der Waals surface area contributed by atoms with E-state index in [1.165, 1.54) is 0 Å². The predicted molar refractivity (Wildman–Crippen MR) is 87.7 cm³/mol. The molecule has 0 aliphatic heterocycles. The molecule has 5 heteroatoms. The van der Waals surface area contributed by atoms with Crippen LogP contribution in [0.3, 0.4) is 0 Å². The van der Waals surface area contributed by atoms with Gasteiger partial charge in [0.15, 0.2) is 6.61 Å². The molecule has 0 saturated heterocycles. The van der Waals surface area contributed by atoms with Crippen LogP contribution in [0.25, 0.3) is 0 Å². The van der Waals surface area contributed by atoms with Crippen LogP contribution in [0.1, 0.15) is 0 Å². The van der Waals surface area contributed by atoms with Crippen LogP contribution in [0.4, 0.5) is 5.69 Å². The van der Waals surface area contributed by atoms with Gasteiger partial charge in [0.1, 0.15) is 18.1 Å². The lowest BCUT2D eigenvalue weighted by molar-refractivity contribution is -0.118. The highest BCUT2D eigenvalue weighted by atomic mass is 35.5. The topological polar surface area (TPSA) is 47.6 Å². The van der Waals surface area contributed by atoms with Crippen molar-refractivity contribution >= 4 is 23.2 Å². The molecule has 0 bridgehead atoms. The first-order valence-corrected chi connectivity index (χ1v) is 7.08. The van der Waals surface area contributed by atoms with Crippen LogP contribution in [0.2, 0.25) is 5.02 Å². The molecule has 0 atom stereocenters. The Balaban J connectivity index is 1.89. The number of amides is 1. The van der Waals surface area contributed by atoms with Gasteiger partial charge in [-0.05, 0) is 24.3 Å². The SMILES string of the molecule is C=CCOc1cccc(NC(=O)COc2ccccc2Cl)c1. The van der Waals surface area contributed by atoms with Crippen molar-refractivity contribution in [3.05, 3.63) is 66.2 Å². The fourth-order valence-electron chi connectivity index (χ4n) is 1.72. The van der Waals surface area contributed by atoms with E-state index in [0.717, 1.165) is 0 Å². The monoisotopic (exact) mass is 317 g/mol. The molecule has 114 valence electrons. The summed E-state index contributed by atoms with van der Waals surface area (Å²) in [5, 5.41) is 3.20. The largest absolute Gasteiger partial charge is 0.489 e. The van der Waals surface area contributed by atoms with Crippen molar-refractivity contribution in [2.45, 2.75) is 0 Å². The lowest BCUT2D eigenvalue weighted by Gasteiger charge is -2.10. The molecule has 0 aliphatic carbocycles. The average molecular weight is 318 g/mol. The van der Waals surface area contributed by atoms with Gasteiger partial charge in [0.2, 0.25) is 0 Å². The van der Waals surface area contributed by atoms with Crippen molar-refractivity contribution < 1.29 is 14.3 Å². The third kappa shape index (κ3) is 4.82. The minimum Gasteiger partial charge on any atom is -0.489 e. The Labute approximate surface area is 134 Å². The van der Waals surface area contributed by atoms with E-state index in [0.29, 0.717) is 28.8 Å². The Hall–Kier alpha value is -2.46. The van der Waals surface area contributed by atoms with E-state index in [-0.39, 0.29) is 12.5 Å². The first-order valence-electron chi connectivity index (χ1n) is 6.70. The number of hydrogen-bond donors (Lipinski definition) is 1. The molecular formula is C17H16ClNO3. The van der Waals surface area contributed by atoms with E-state index < -0.39 is 0 Å². The minimum absolute atomic E-state index is 0.124. The van der Waals surface area contributed by atoms with Gasteiger partial charge in [-0.1, -0.05) is 42.5 Å². The normalized spacial score (nSPS) is 9.86. The summed E-state index contributed by atoms with van der Waals surface area (Å²) in [4.78, 5) is 11.9. The Kier molecular flexibility index (Phi) is 5.86. The van der Waals surface area contributed by atoms with Gasteiger partial charge < -0.3 is 14.8 Å². The summed E-state index contributed by atoms with van der Waals surface area (Å²) >= 11 is 5.96. The van der Waals surface area contributed by atoms with Crippen LogP contribution in [0.15, 0.2) is 61.2 Å². The van der Waals surface area contributed by atoms with Crippen molar-refractivity contribution in [3.8, 4) is 11.5 Å². The summed E-state index contributed by atoms with van der Waals surface area (Å²) in [6.07, 6.45) is 1.66. The van der Waals surface area contributed by atoms with Crippen LogP contribution < -0.4 is 14.8 Å². The first-order chi connectivity index (χ1) is 10.7. The second kappa shape index (κ2) is 8.10. The van der Waals surface area contributed by atoms with Crippen molar-refractivity contribution in [2.24, 2.45) is 0 Å². The Morgan fingerprint density at radius 3 is 2.77 bits per heavy atom. The molecule has 22 heavy (non-hydrogen) atoms. The van der Waals surface area contributed by atoms with E-state index >= 15 is 0 Å². The summed E-state index contributed by atoms with van der Waals surface area (Å²) in [6.45, 7) is 3.87. The highest BCUT2D eigenvalue weighted by Crippen LogP contribution is 2.23. The van der Waals surface area contributed by atoms with Crippen molar-refractivity contribution in [2.75, 3.05) is 18.5 Å². The van der Waals surface area contributed by atoms with Gasteiger partial charge in [0.05, 0.1) is 5.02 Å². The van der Waals surface area contributed by atoms with Crippen molar-refractivity contribution in [3.63, 3.8) is 0 Å². The fraction of sp³-hybridized carbons (Fsp3) is 0.118. The maximum atomic E-state index is 11.9. The van der Waals surface area contributed by atoms with Crippen LogP contribution >= 0.6 is 11.6 Å². The van der Waals surface area contributed by atoms with E-state index in [9.17, 15) is 4.79 Å². The van der Waals surface area contributed by atoms with Crippen LogP contribution in [0, 0.1) is 0 Å². The molecule has 0 heterocycles. The number of carbonyl (C=O) groups excluding carboxylic acids is 1. The number of rotatable bonds is 7. The number of halogens is 1. The molecule has 0 aromatic heterocycles. The number of ether oxygens (including phenoxy) is 2. The molecule has 1 amide bonds. The standard InChI is InChI=1S/C17H16ClNO3/c1-2-10-21-14-7-5-6-13(11-14)19-17(20)12-22-16-9-4-3-8-15(16)18/h2-9,11H,1,10,12H2,(H,19,20). The third-order valence-corrected chi connectivity index (χ3v) is 2.99. The Morgan fingerprint density at radius 1 is 1.18 bits per heavy atom. The van der Waals surface area contributed by atoms with Crippen LogP contribution in [0.5, 0.6) is 11.5 Å². The first kappa shape index (κ1) is 15.9. The molecule has 0 unspecified atom stereocenters. The predicted octanol–water partition coefficient (Wildman–Crippen LogP) is 3.92. The maximum Gasteiger partial charge on any atom is 0.262 e. The average Bonchev–Trinajstić information content (AvgIpc) is 2.52. The molecule has 0 aliphatic rings. The van der Waals surface area contributed by atoms with E-state index in [1.54, 1.807) is 54.6 Å². The second-order valence-corrected chi connectivity index (χ2v) is 4.80. The zero-order chi connectivity index (χ0) is 15.8. The van der Waals surface area contributed by atoms with Gasteiger partial charge in [-0.3, -0.25) is 4.79 Å². The summed E-state index contributed by atoms with van der Waals surface area (Å²) in [7, 11) is 0. The third-order valence-electron chi connectivity index (χ3n) is 2.68. The smallest absolute Gasteiger partial charge is 0.262 e. The van der Waals surface area contributed by atoms with Gasteiger partial charge in [-0.25, -0.2) is 0 Å². The highest BCUT2D eigenvalue weighted by Gasteiger charge is 2.06. The lowest BCUT2D eigenvalue weighted by Crippen LogP contribution is -2.20. The number of benzene rings is 2. The molecular weight excluding hydrogens is 302 g/mol. The number of anilines is 1. The van der Waals surface area contributed by atoms with Gasteiger partial charge in [0.25, 0.3) is 5.91 Å². The lowest BCUT2D eigenvalue weighted by atomic mass is 10.3. The molecule has 0 radical (unpaired) electrons.